The van der Waals surface area contributed by atoms with Crippen LogP contribution in [0.2, 0.25) is 0 Å². The van der Waals surface area contributed by atoms with Crippen LogP contribution >= 0.6 is 0 Å². The lowest BCUT2D eigenvalue weighted by Crippen LogP contribution is -2.21. The number of phenols is 1. The Hall–Kier alpha value is -3.41. The summed E-state index contributed by atoms with van der Waals surface area (Å²) >= 11 is 0. The molecule has 0 aromatic heterocycles. The molecular weight excluding hydrogens is 308 g/mol. The molecule has 0 unspecified atom stereocenters. The van der Waals surface area contributed by atoms with Crippen molar-refractivity contribution in [3.63, 3.8) is 0 Å². The van der Waals surface area contributed by atoms with Crippen molar-refractivity contribution >= 4 is 29.4 Å². The molecule has 24 heavy (non-hydrogen) atoms. The minimum absolute atomic E-state index is 0.0666. The van der Waals surface area contributed by atoms with Crippen molar-refractivity contribution in [3.05, 3.63) is 65.2 Å². The first kappa shape index (κ1) is 15.5. The Balaban J connectivity index is 1.98. The lowest BCUT2D eigenvalue weighted by molar-refractivity contribution is -0.114. The Morgan fingerprint density at radius 2 is 1.92 bits per heavy atom. The molecule has 0 saturated heterocycles. The van der Waals surface area contributed by atoms with Crippen LogP contribution in [0.3, 0.4) is 0 Å². The average molecular weight is 322 g/mol. The summed E-state index contributed by atoms with van der Waals surface area (Å²) in [5.41, 5.74) is 1.80. The normalized spacial score (nSPS) is 15.7. The Morgan fingerprint density at radius 1 is 1.17 bits per heavy atom. The fourth-order valence-corrected chi connectivity index (χ4v) is 2.40. The highest BCUT2D eigenvalue weighted by atomic mass is 16.4. The molecule has 0 spiro atoms. The Labute approximate surface area is 138 Å². The van der Waals surface area contributed by atoms with Gasteiger partial charge in [-0.05, 0) is 37.3 Å². The second kappa shape index (κ2) is 6.00. The number of carbonyl (C=O) groups is 2. The second-order valence-corrected chi connectivity index (χ2v) is 5.27. The maximum Gasteiger partial charge on any atom is 0.335 e. The van der Waals surface area contributed by atoms with Gasteiger partial charge in [-0.25, -0.2) is 4.79 Å². The van der Waals surface area contributed by atoms with E-state index in [-0.39, 0.29) is 17.2 Å². The summed E-state index contributed by atoms with van der Waals surface area (Å²) in [6.07, 6.45) is 1.57. The SMILES string of the molecule is CC1=NN(c2cccc(C(=O)O)c2)C(=O)C1=Cc1ccccc1O. The molecule has 120 valence electrons. The first-order valence-electron chi connectivity index (χ1n) is 7.20. The average Bonchev–Trinajstić information content (AvgIpc) is 2.85. The molecule has 0 aliphatic carbocycles. The van der Waals surface area contributed by atoms with E-state index in [0.717, 1.165) is 5.01 Å². The molecule has 6 nitrogen and oxygen atoms in total. The van der Waals surface area contributed by atoms with Crippen LogP contribution in [0.4, 0.5) is 5.69 Å². The zero-order valence-corrected chi connectivity index (χ0v) is 12.8. The van der Waals surface area contributed by atoms with Crippen molar-refractivity contribution in [3.8, 4) is 5.75 Å². The van der Waals surface area contributed by atoms with Crippen LogP contribution < -0.4 is 5.01 Å². The molecule has 2 aromatic rings. The summed E-state index contributed by atoms with van der Waals surface area (Å²) in [7, 11) is 0. The van der Waals surface area contributed by atoms with Gasteiger partial charge >= 0.3 is 5.97 Å². The van der Waals surface area contributed by atoms with Crippen molar-refractivity contribution in [1.29, 1.82) is 0 Å². The third-order valence-corrected chi connectivity index (χ3v) is 3.64. The molecule has 1 heterocycles. The number of aromatic hydroxyl groups is 1. The number of carboxylic acids is 1. The maximum atomic E-state index is 12.6. The van der Waals surface area contributed by atoms with Gasteiger partial charge < -0.3 is 10.2 Å². The molecule has 0 fully saturated rings. The van der Waals surface area contributed by atoms with Crippen LogP contribution in [0.1, 0.15) is 22.8 Å². The highest BCUT2D eigenvalue weighted by molar-refractivity contribution is 6.32. The largest absolute Gasteiger partial charge is 0.507 e. The number of benzene rings is 2. The molecule has 1 amide bonds. The van der Waals surface area contributed by atoms with Gasteiger partial charge in [0, 0.05) is 5.56 Å². The summed E-state index contributed by atoms with van der Waals surface area (Å²) in [6.45, 7) is 1.69. The molecule has 1 aliphatic rings. The van der Waals surface area contributed by atoms with Crippen LogP contribution in [-0.2, 0) is 4.79 Å². The fourth-order valence-electron chi connectivity index (χ4n) is 2.40. The van der Waals surface area contributed by atoms with E-state index >= 15 is 0 Å². The predicted molar refractivity (Wildman–Crippen MR) is 90.1 cm³/mol. The quantitative estimate of drug-likeness (QED) is 0.850. The van der Waals surface area contributed by atoms with E-state index in [1.165, 1.54) is 18.2 Å². The topological polar surface area (TPSA) is 90.2 Å². The standard InChI is InChI=1S/C18H14N2O4/c1-11-15(10-12-5-2-3-8-16(12)21)17(22)20(19-11)14-7-4-6-13(9-14)18(23)24/h2-10,21H,1H3,(H,23,24). The van der Waals surface area contributed by atoms with E-state index in [4.69, 9.17) is 5.11 Å². The van der Waals surface area contributed by atoms with Crippen LogP contribution in [0.5, 0.6) is 5.75 Å². The number of hydrazone groups is 1. The number of nitrogens with zero attached hydrogens (tertiary/aromatic N) is 2. The van der Waals surface area contributed by atoms with Crippen LogP contribution in [-0.4, -0.2) is 27.8 Å². The molecule has 0 saturated carbocycles. The zero-order chi connectivity index (χ0) is 17.3. The van der Waals surface area contributed by atoms with E-state index in [9.17, 15) is 14.7 Å². The number of para-hydroxylation sites is 1. The van der Waals surface area contributed by atoms with E-state index < -0.39 is 5.97 Å². The summed E-state index contributed by atoms with van der Waals surface area (Å²) in [4.78, 5) is 23.7. The third kappa shape index (κ3) is 2.77. The summed E-state index contributed by atoms with van der Waals surface area (Å²) in [5, 5.41) is 24.3. The van der Waals surface area contributed by atoms with Crippen molar-refractivity contribution in [2.24, 2.45) is 5.10 Å². The van der Waals surface area contributed by atoms with Gasteiger partial charge in [-0.3, -0.25) is 4.79 Å². The molecule has 3 rings (SSSR count). The minimum atomic E-state index is -1.07. The molecule has 0 radical (unpaired) electrons. The first-order chi connectivity index (χ1) is 11.5. The summed E-state index contributed by atoms with van der Waals surface area (Å²) in [6, 6.07) is 12.7. The number of carbonyl (C=O) groups excluding carboxylic acids is 1. The Morgan fingerprint density at radius 3 is 2.62 bits per heavy atom. The minimum Gasteiger partial charge on any atom is -0.507 e. The van der Waals surface area contributed by atoms with Crippen molar-refractivity contribution in [2.75, 3.05) is 5.01 Å². The van der Waals surface area contributed by atoms with E-state index in [1.807, 2.05) is 0 Å². The van der Waals surface area contributed by atoms with Crippen LogP contribution in [0.25, 0.3) is 6.08 Å². The number of phenolic OH excluding ortho intramolecular Hbond substituents is 1. The third-order valence-electron chi connectivity index (χ3n) is 3.64. The van der Waals surface area contributed by atoms with Gasteiger partial charge in [0.2, 0.25) is 0 Å². The highest BCUT2D eigenvalue weighted by Crippen LogP contribution is 2.27. The smallest absolute Gasteiger partial charge is 0.335 e. The van der Waals surface area contributed by atoms with Crippen molar-refractivity contribution in [1.82, 2.24) is 0 Å². The highest BCUT2D eigenvalue weighted by Gasteiger charge is 2.29. The van der Waals surface area contributed by atoms with Crippen LogP contribution in [0.15, 0.2) is 59.2 Å². The summed E-state index contributed by atoms with van der Waals surface area (Å²) in [5.74, 6) is -1.38. The number of anilines is 1. The predicted octanol–water partition coefficient (Wildman–Crippen LogP) is 2.90. The van der Waals surface area contributed by atoms with Crippen LogP contribution in [0, 0.1) is 0 Å². The number of aromatic carboxylic acids is 1. The number of hydrogen-bond donors (Lipinski definition) is 2. The van der Waals surface area contributed by atoms with Gasteiger partial charge in [0.15, 0.2) is 0 Å². The summed E-state index contributed by atoms with van der Waals surface area (Å²) < 4.78 is 0. The van der Waals surface area contributed by atoms with Gasteiger partial charge in [-0.1, -0.05) is 24.3 Å². The lowest BCUT2D eigenvalue weighted by Gasteiger charge is -2.12. The molecule has 2 aromatic carbocycles. The van der Waals surface area contributed by atoms with E-state index in [1.54, 1.807) is 43.3 Å². The lowest BCUT2D eigenvalue weighted by atomic mass is 10.1. The molecule has 2 N–H and O–H groups in total. The Bertz CT molecular complexity index is 899. The molecule has 6 heteroatoms. The van der Waals surface area contributed by atoms with Crippen molar-refractivity contribution in [2.45, 2.75) is 6.92 Å². The monoisotopic (exact) mass is 322 g/mol. The second-order valence-electron chi connectivity index (χ2n) is 5.27. The van der Waals surface area contributed by atoms with Gasteiger partial charge in [0.1, 0.15) is 5.75 Å². The van der Waals surface area contributed by atoms with E-state index in [0.29, 0.717) is 22.5 Å². The Kier molecular flexibility index (Phi) is 3.87. The number of carboxylic acid groups (broad SMARTS) is 1. The van der Waals surface area contributed by atoms with E-state index in [2.05, 4.69) is 5.10 Å². The van der Waals surface area contributed by atoms with Gasteiger partial charge in [0.05, 0.1) is 22.5 Å². The molecular formula is C18H14N2O4. The van der Waals surface area contributed by atoms with Gasteiger partial charge in [-0.15, -0.1) is 0 Å². The number of hydrogen-bond acceptors (Lipinski definition) is 4. The molecule has 1 aliphatic heterocycles. The first-order valence-corrected chi connectivity index (χ1v) is 7.20. The fraction of sp³-hybridized carbons (Fsp3) is 0.0556. The van der Waals surface area contributed by atoms with Gasteiger partial charge in [0.25, 0.3) is 5.91 Å². The number of rotatable bonds is 3. The maximum absolute atomic E-state index is 12.6. The molecule has 0 atom stereocenters. The van der Waals surface area contributed by atoms with Crippen molar-refractivity contribution < 1.29 is 19.8 Å². The van der Waals surface area contributed by atoms with Gasteiger partial charge in [-0.2, -0.15) is 10.1 Å². The molecule has 0 bridgehead atoms. The number of amides is 1. The zero-order valence-electron chi connectivity index (χ0n) is 12.8.